The van der Waals surface area contributed by atoms with E-state index in [9.17, 15) is 0 Å². The zero-order valence-corrected chi connectivity index (χ0v) is 15.0. The van der Waals surface area contributed by atoms with Crippen molar-refractivity contribution in [1.29, 1.82) is 0 Å². The molecule has 1 heterocycles. The second-order valence-electron chi connectivity index (χ2n) is 5.57. The number of hydrogen-bond donors (Lipinski definition) is 1. The van der Waals surface area contributed by atoms with E-state index in [0.717, 1.165) is 18.4 Å². The van der Waals surface area contributed by atoms with Gasteiger partial charge in [-0.25, -0.2) is 4.98 Å². The molecule has 0 unspecified atom stereocenters. The van der Waals surface area contributed by atoms with Crippen molar-refractivity contribution < 1.29 is 18.6 Å². The van der Waals surface area contributed by atoms with E-state index in [2.05, 4.69) is 22.2 Å². The van der Waals surface area contributed by atoms with Gasteiger partial charge in [0.1, 0.15) is 17.7 Å². The largest absolute Gasteiger partial charge is 0.493 e. The van der Waals surface area contributed by atoms with E-state index in [1.54, 1.807) is 33.5 Å². The highest BCUT2D eigenvalue weighted by molar-refractivity contribution is 6.12. The molecule has 0 saturated carbocycles. The summed E-state index contributed by atoms with van der Waals surface area (Å²) in [5, 5.41) is 3.90. The Morgan fingerprint density at radius 1 is 1.12 bits per heavy atom. The number of allylic oxidation sites excluding steroid dienone is 4. The van der Waals surface area contributed by atoms with Gasteiger partial charge in [-0.15, -0.1) is 0 Å². The third kappa shape index (κ3) is 3.28. The zero-order valence-electron chi connectivity index (χ0n) is 15.0. The fourth-order valence-corrected chi connectivity index (χ4v) is 2.79. The first-order chi connectivity index (χ1) is 12.7. The molecule has 1 aliphatic rings. The number of nitrogens with two attached hydrogens (primary N) is 1. The molecule has 0 saturated heterocycles. The highest BCUT2D eigenvalue weighted by Gasteiger charge is 2.20. The summed E-state index contributed by atoms with van der Waals surface area (Å²) in [4.78, 5) is 4.53. The Morgan fingerprint density at radius 2 is 1.85 bits per heavy atom. The number of aromatic nitrogens is 1. The molecule has 136 valence electrons. The van der Waals surface area contributed by atoms with Crippen LogP contribution in [0.25, 0.3) is 5.57 Å². The standard InChI is InChI=1S/C19H21N3O4/c1-23-15-9-13(10-16(24-2)18(15)25-3)17(22-20)14-11-26-19(21-14)12-7-5-4-6-8-12/h5,7-11H,4,6,20H2,1-3H3. The van der Waals surface area contributed by atoms with Gasteiger partial charge >= 0.3 is 0 Å². The van der Waals surface area contributed by atoms with E-state index >= 15 is 0 Å². The molecule has 0 bridgehead atoms. The molecule has 1 aromatic heterocycles. The van der Waals surface area contributed by atoms with Crippen LogP contribution in [0.3, 0.4) is 0 Å². The molecular formula is C19H21N3O4. The first-order valence-corrected chi connectivity index (χ1v) is 8.13. The average Bonchev–Trinajstić information content (AvgIpc) is 3.18. The highest BCUT2D eigenvalue weighted by atomic mass is 16.5. The normalized spacial score (nSPS) is 14.1. The van der Waals surface area contributed by atoms with Gasteiger partial charge in [-0.2, -0.15) is 5.10 Å². The molecule has 2 N–H and O–H groups in total. The Kier molecular flexibility index (Phi) is 5.26. The molecule has 0 atom stereocenters. The second-order valence-corrected chi connectivity index (χ2v) is 5.57. The Hall–Kier alpha value is -3.22. The topological polar surface area (TPSA) is 92.1 Å². The Balaban J connectivity index is 2.01. The Bertz CT molecular complexity index is 856. The lowest BCUT2D eigenvalue weighted by Gasteiger charge is -2.14. The maximum absolute atomic E-state index is 5.64. The van der Waals surface area contributed by atoms with Gasteiger partial charge in [0.2, 0.25) is 11.6 Å². The van der Waals surface area contributed by atoms with E-state index in [1.165, 1.54) is 6.26 Å². The number of rotatable bonds is 6. The number of hydrogen-bond acceptors (Lipinski definition) is 7. The van der Waals surface area contributed by atoms with Gasteiger partial charge in [-0.05, 0) is 25.0 Å². The molecule has 2 aromatic rings. The van der Waals surface area contributed by atoms with Crippen LogP contribution < -0.4 is 20.1 Å². The quantitative estimate of drug-likeness (QED) is 0.486. The smallest absolute Gasteiger partial charge is 0.226 e. The number of benzene rings is 1. The number of methoxy groups -OCH3 is 3. The molecule has 1 aromatic carbocycles. The van der Waals surface area contributed by atoms with Gasteiger partial charge in [0, 0.05) is 11.1 Å². The first kappa shape index (κ1) is 17.6. The fourth-order valence-electron chi connectivity index (χ4n) is 2.79. The molecule has 0 radical (unpaired) electrons. The lowest BCUT2D eigenvalue weighted by atomic mass is 10.1. The number of nitrogens with zero attached hydrogens (tertiary/aromatic N) is 2. The molecule has 7 heteroatoms. The van der Waals surface area contributed by atoms with E-state index in [1.807, 2.05) is 6.08 Å². The van der Waals surface area contributed by atoms with Crippen LogP contribution in [0.5, 0.6) is 17.2 Å². The fraction of sp³-hybridized carbons (Fsp3) is 0.263. The van der Waals surface area contributed by atoms with Crippen LogP contribution >= 0.6 is 0 Å². The minimum Gasteiger partial charge on any atom is -0.493 e. The number of oxazole rings is 1. The van der Waals surface area contributed by atoms with Gasteiger partial charge in [0.25, 0.3) is 0 Å². The maximum atomic E-state index is 5.64. The molecule has 3 rings (SSSR count). The van der Waals surface area contributed by atoms with Crippen LogP contribution in [-0.2, 0) is 0 Å². The monoisotopic (exact) mass is 355 g/mol. The van der Waals surface area contributed by atoms with Crippen LogP contribution in [0.2, 0.25) is 0 Å². The predicted molar refractivity (Wildman–Crippen MR) is 98.8 cm³/mol. The number of hydrazone groups is 1. The molecular weight excluding hydrogens is 334 g/mol. The van der Waals surface area contributed by atoms with Gasteiger partial charge in [0.05, 0.1) is 21.3 Å². The lowest BCUT2D eigenvalue weighted by molar-refractivity contribution is 0.324. The van der Waals surface area contributed by atoms with Crippen molar-refractivity contribution in [3.8, 4) is 17.2 Å². The van der Waals surface area contributed by atoms with Crippen molar-refractivity contribution in [3.05, 3.63) is 53.8 Å². The van der Waals surface area contributed by atoms with Gasteiger partial charge < -0.3 is 24.5 Å². The van der Waals surface area contributed by atoms with E-state index < -0.39 is 0 Å². The van der Waals surface area contributed by atoms with Crippen molar-refractivity contribution in [2.75, 3.05) is 21.3 Å². The Labute approximate surface area is 151 Å². The van der Waals surface area contributed by atoms with E-state index in [0.29, 0.717) is 40.1 Å². The summed E-state index contributed by atoms with van der Waals surface area (Å²) in [7, 11) is 4.65. The van der Waals surface area contributed by atoms with Crippen molar-refractivity contribution in [2.24, 2.45) is 10.9 Å². The van der Waals surface area contributed by atoms with Gasteiger partial charge in [-0.3, -0.25) is 0 Å². The summed E-state index contributed by atoms with van der Waals surface area (Å²) in [6, 6.07) is 3.53. The molecule has 0 fully saturated rings. The minimum absolute atomic E-state index is 0.458. The third-order valence-corrected chi connectivity index (χ3v) is 4.06. The maximum Gasteiger partial charge on any atom is 0.226 e. The van der Waals surface area contributed by atoms with E-state index in [4.69, 9.17) is 24.5 Å². The summed E-state index contributed by atoms with van der Waals surface area (Å²) in [5.41, 5.74) is 2.61. The molecule has 0 spiro atoms. The van der Waals surface area contributed by atoms with Crippen LogP contribution in [0.1, 0.15) is 30.0 Å². The molecule has 26 heavy (non-hydrogen) atoms. The lowest BCUT2D eigenvalue weighted by Crippen LogP contribution is -2.08. The van der Waals surface area contributed by atoms with Crippen LogP contribution in [0.4, 0.5) is 0 Å². The van der Waals surface area contributed by atoms with Crippen molar-refractivity contribution in [3.63, 3.8) is 0 Å². The zero-order chi connectivity index (χ0) is 18.5. The summed E-state index contributed by atoms with van der Waals surface area (Å²) < 4.78 is 21.7. The highest BCUT2D eigenvalue weighted by Crippen LogP contribution is 2.38. The minimum atomic E-state index is 0.458. The molecule has 0 amide bonds. The van der Waals surface area contributed by atoms with Gasteiger partial charge in [-0.1, -0.05) is 18.2 Å². The summed E-state index contributed by atoms with van der Waals surface area (Å²) >= 11 is 0. The van der Waals surface area contributed by atoms with Crippen molar-refractivity contribution in [2.45, 2.75) is 12.8 Å². The van der Waals surface area contributed by atoms with E-state index in [-0.39, 0.29) is 0 Å². The SMILES string of the molecule is COc1cc(C(=NN)c2coc(C3=CCCC=C3)n2)cc(OC)c1OC. The van der Waals surface area contributed by atoms with Gasteiger partial charge in [0.15, 0.2) is 11.5 Å². The van der Waals surface area contributed by atoms with Crippen LogP contribution in [0, 0.1) is 0 Å². The summed E-state index contributed by atoms with van der Waals surface area (Å²) in [6.45, 7) is 0. The summed E-state index contributed by atoms with van der Waals surface area (Å²) in [5.74, 6) is 7.68. The second kappa shape index (κ2) is 7.77. The van der Waals surface area contributed by atoms with Crippen LogP contribution in [-0.4, -0.2) is 32.0 Å². The third-order valence-electron chi connectivity index (χ3n) is 4.06. The first-order valence-electron chi connectivity index (χ1n) is 8.13. The predicted octanol–water partition coefficient (Wildman–Crippen LogP) is 3.14. The van der Waals surface area contributed by atoms with Crippen molar-refractivity contribution in [1.82, 2.24) is 4.98 Å². The summed E-state index contributed by atoms with van der Waals surface area (Å²) in [6.07, 6.45) is 9.71. The molecule has 1 aliphatic carbocycles. The van der Waals surface area contributed by atoms with Crippen LogP contribution in [0.15, 0.2) is 46.1 Å². The Morgan fingerprint density at radius 3 is 2.38 bits per heavy atom. The van der Waals surface area contributed by atoms with Crippen molar-refractivity contribution >= 4 is 11.3 Å². The average molecular weight is 355 g/mol. The number of ether oxygens (including phenoxy) is 3. The molecule has 0 aliphatic heterocycles. The molecule has 7 nitrogen and oxygen atoms in total.